The highest BCUT2D eigenvalue weighted by molar-refractivity contribution is 7.51. The van der Waals surface area contributed by atoms with Gasteiger partial charge < -0.3 is 20.3 Å². The molecular weight excluding hydrogens is 356 g/mol. The Morgan fingerprint density at radius 3 is 2.15 bits per heavy atom. The standard InChI is InChI=1S/C19H33FNO4P/c1-26(23,24)25-16-19(21,15-22)13-12-18-10-8-17(9-11-18)7-5-3-2-4-6-14-20/h8-11,22H,2-7,12-16,21H2,1H3,(H,23,24). The zero-order valence-corrected chi connectivity index (χ0v) is 16.6. The molecule has 0 aliphatic heterocycles. The molecule has 5 nitrogen and oxygen atoms in total. The zero-order chi connectivity index (χ0) is 19.5. The van der Waals surface area contributed by atoms with Gasteiger partial charge in [0.05, 0.1) is 25.4 Å². The molecule has 1 aromatic carbocycles. The van der Waals surface area contributed by atoms with Crippen molar-refractivity contribution in [2.75, 3.05) is 26.6 Å². The van der Waals surface area contributed by atoms with E-state index in [2.05, 4.69) is 12.1 Å². The van der Waals surface area contributed by atoms with E-state index in [1.807, 2.05) is 12.1 Å². The summed E-state index contributed by atoms with van der Waals surface area (Å²) in [5.41, 5.74) is 7.41. The van der Waals surface area contributed by atoms with E-state index in [1.54, 1.807) is 0 Å². The van der Waals surface area contributed by atoms with Crippen molar-refractivity contribution in [1.82, 2.24) is 0 Å². The summed E-state index contributed by atoms with van der Waals surface area (Å²) in [6.45, 7) is 0.415. The molecule has 0 aromatic heterocycles. The van der Waals surface area contributed by atoms with Crippen molar-refractivity contribution in [2.24, 2.45) is 5.73 Å². The van der Waals surface area contributed by atoms with Gasteiger partial charge in [-0.25, -0.2) is 0 Å². The second-order valence-corrected chi connectivity index (χ2v) is 8.98. The normalized spacial score (nSPS) is 16.2. The molecule has 0 heterocycles. The van der Waals surface area contributed by atoms with E-state index >= 15 is 0 Å². The molecule has 1 aromatic rings. The number of aliphatic hydroxyl groups is 1. The molecule has 0 bridgehead atoms. The predicted molar refractivity (Wildman–Crippen MR) is 103 cm³/mol. The monoisotopic (exact) mass is 389 g/mol. The van der Waals surface area contributed by atoms with Gasteiger partial charge in [0, 0.05) is 6.66 Å². The number of aliphatic hydroxyl groups excluding tert-OH is 1. The van der Waals surface area contributed by atoms with E-state index < -0.39 is 13.1 Å². The Bertz CT molecular complexity index is 549. The second-order valence-electron chi connectivity index (χ2n) is 7.12. The fourth-order valence-corrected chi connectivity index (χ4v) is 3.16. The Hall–Kier alpha value is -0.780. The van der Waals surface area contributed by atoms with Crippen molar-refractivity contribution in [3.63, 3.8) is 0 Å². The Labute approximate surface area is 156 Å². The molecule has 0 saturated carbocycles. The number of unbranched alkanes of at least 4 members (excludes halogenated alkanes) is 4. The maximum atomic E-state index is 12.0. The van der Waals surface area contributed by atoms with Crippen LogP contribution in [0.3, 0.4) is 0 Å². The highest BCUT2D eigenvalue weighted by Gasteiger charge is 2.27. The van der Waals surface area contributed by atoms with Gasteiger partial charge in [0.15, 0.2) is 0 Å². The van der Waals surface area contributed by atoms with Crippen LogP contribution in [0, 0.1) is 0 Å². The molecule has 150 valence electrons. The number of aryl methyl sites for hydroxylation is 2. The lowest BCUT2D eigenvalue weighted by molar-refractivity contribution is 0.119. The van der Waals surface area contributed by atoms with Gasteiger partial charge in [-0.3, -0.25) is 8.96 Å². The van der Waals surface area contributed by atoms with Gasteiger partial charge in [-0.05, 0) is 43.2 Å². The van der Waals surface area contributed by atoms with Gasteiger partial charge in [0.1, 0.15) is 0 Å². The lowest BCUT2D eigenvalue weighted by atomic mass is 9.93. The molecule has 0 saturated heterocycles. The smallest absolute Gasteiger partial charge is 0.325 e. The van der Waals surface area contributed by atoms with Crippen LogP contribution in [0.15, 0.2) is 24.3 Å². The van der Waals surface area contributed by atoms with E-state index in [0.717, 1.165) is 44.3 Å². The van der Waals surface area contributed by atoms with E-state index in [0.29, 0.717) is 19.3 Å². The average molecular weight is 389 g/mol. The third kappa shape index (κ3) is 10.4. The summed E-state index contributed by atoms with van der Waals surface area (Å²) in [6, 6.07) is 8.29. The largest absolute Gasteiger partial charge is 0.394 e. The quantitative estimate of drug-likeness (QED) is 0.334. The first kappa shape index (κ1) is 23.3. The van der Waals surface area contributed by atoms with E-state index in [-0.39, 0.29) is 19.9 Å². The fraction of sp³-hybridized carbons (Fsp3) is 0.684. The number of halogens is 1. The third-order valence-corrected chi connectivity index (χ3v) is 5.05. The minimum Gasteiger partial charge on any atom is -0.394 e. The van der Waals surface area contributed by atoms with Gasteiger partial charge >= 0.3 is 7.60 Å². The number of benzene rings is 1. The summed E-state index contributed by atoms with van der Waals surface area (Å²) in [7, 11) is -3.61. The summed E-state index contributed by atoms with van der Waals surface area (Å²) in [5, 5.41) is 9.48. The summed E-state index contributed by atoms with van der Waals surface area (Å²) in [6.07, 6.45) is 7.09. The van der Waals surface area contributed by atoms with Crippen LogP contribution in [0.1, 0.15) is 49.7 Å². The number of rotatable bonds is 14. The van der Waals surface area contributed by atoms with E-state index in [9.17, 15) is 19.0 Å². The molecule has 0 amide bonds. The van der Waals surface area contributed by atoms with Crippen molar-refractivity contribution in [3.8, 4) is 0 Å². The van der Waals surface area contributed by atoms with Crippen molar-refractivity contribution in [1.29, 1.82) is 0 Å². The van der Waals surface area contributed by atoms with Crippen molar-refractivity contribution in [2.45, 2.75) is 56.9 Å². The van der Waals surface area contributed by atoms with Crippen LogP contribution in [0.4, 0.5) is 4.39 Å². The van der Waals surface area contributed by atoms with Crippen LogP contribution >= 0.6 is 7.60 Å². The van der Waals surface area contributed by atoms with Crippen LogP contribution in [-0.2, 0) is 21.9 Å². The number of alkyl halides is 1. The Balaban J connectivity index is 2.37. The van der Waals surface area contributed by atoms with Gasteiger partial charge in [0.2, 0.25) is 0 Å². The maximum absolute atomic E-state index is 12.0. The second kappa shape index (κ2) is 11.8. The lowest BCUT2D eigenvalue weighted by Crippen LogP contribution is -2.48. The Morgan fingerprint density at radius 2 is 1.62 bits per heavy atom. The third-order valence-electron chi connectivity index (χ3n) is 4.44. The van der Waals surface area contributed by atoms with Crippen LogP contribution in [0.25, 0.3) is 0 Å². The molecule has 4 N–H and O–H groups in total. The fourth-order valence-electron chi connectivity index (χ4n) is 2.67. The highest BCUT2D eigenvalue weighted by atomic mass is 31.2. The molecule has 26 heavy (non-hydrogen) atoms. The van der Waals surface area contributed by atoms with E-state index in [1.165, 1.54) is 5.56 Å². The summed E-state index contributed by atoms with van der Waals surface area (Å²) in [4.78, 5) is 9.20. The predicted octanol–water partition coefficient (Wildman–Crippen LogP) is 3.60. The van der Waals surface area contributed by atoms with Crippen LogP contribution in [0.2, 0.25) is 0 Å². The molecule has 0 fully saturated rings. The molecule has 0 radical (unpaired) electrons. The average Bonchev–Trinajstić information content (AvgIpc) is 2.61. The molecule has 7 heteroatoms. The first-order valence-corrected chi connectivity index (χ1v) is 11.3. The SMILES string of the molecule is CP(=O)(O)OCC(N)(CO)CCc1ccc(CCCCCCCF)cc1. The molecule has 0 aliphatic carbocycles. The van der Waals surface area contributed by atoms with Gasteiger partial charge in [-0.1, -0.05) is 43.5 Å². The summed E-state index contributed by atoms with van der Waals surface area (Å²) < 4.78 is 28.1. The van der Waals surface area contributed by atoms with Crippen molar-refractivity contribution >= 4 is 7.60 Å². The number of nitrogens with two attached hydrogens (primary N) is 1. The minimum absolute atomic E-state index is 0.158. The Kier molecular flexibility index (Phi) is 10.6. The first-order chi connectivity index (χ1) is 12.3. The van der Waals surface area contributed by atoms with Crippen LogP contribution < -0.4 is 5.73 Å². The molecule has 2 atom stereocenters. The summed E-state index contributed by atoms with van der Waals surface area (Å²) in [5.74, 6) is 0. The van der Waals surface area contributed by atoms with Crippen LogP contribution in [0.5, 0.6) is 0 Å². The van der Waals surface area contributed by atoms with Crippen LogP contribution in [-0.4, -0.2) is 42.1 Å². The molecule has 1 rings (SSSR count). The molecule has 2 unspecified atom stereocenters. The first-order valence-electron chi connectivity index (χ1n) is 9.26. The van der Waals surface area contributed by atoms with Gasteiger partial charge in [0.25, 0.3) is 0 Å². The maximum Gasteiger partial charge on any atom is 0.325 e. The Morgan fingerprint density at radius 1 is 1.08 bits per heavy atom. The zero-order valence-electron chi connectivity index (χ0n) is 15.7. The lowest BCUT2D eigenvalue weighted by Gasteiger charge is -2.27. The topological polar surface area (TPSA) is 92.8 Å². The molecule has 0 spiro atoms. The molecular formula is C19H33FNO4P. The minimum atomic E-state index is -3.61. The van der Waals surface area contributed by atoms with Crippen molar-refractivity contribution < 1.29 is 23.5 Å². The number of hydrogen-bond acceptors (Lipinski definition) is 4. The summed E-state index contributed by atoms with van der Waals surface area (Å²) >= 11 is 0. The van der Waals surface area contributed by atoms with Gasteiger partial charge in [-0.15, -0.1) is 0 Å². The molecule has 0 aliphatic rings. The van der Waals surface area contributed by atoms with Crippen molar-refractivity contribution in [3.05, 3.63) is 35.4 Å². The number of hydrogen-bond donors (Lipinski definition) is 3. The van der Waals surface area contributed by atoms with Gasteiger partial charge in [-0.2, -0.15) is 0 Å². The van der Waals surface area contributed by atoms with E-state index in [4.69, 9.17) is 10.3 Å². The highest BCUT2D eigenvalue weighted by Crippen LogP contribution is 2.37.